The molecule has 2 N–H and O–H groups in total. The Bertz CT molecular complexity index is 724. The van der Waals surface area contributed by atoms with Gasteiger partial charge in [-0.3, -0.25) is 14.3 Å². The Hall–Kier alpha value is -2.67. The Morgan fingerprint density at radius 2 is 2.08 bits per heavy atom. The summed E-state index contributed by atoms with van der Waals surface area (Å²) in [6, 6.07) is 9.07. The number of nitrogens with zero attached hydrogens (tertiary/aromatic N) is 2. The highest BCUT2D eigenvalue weighted by Crippen LogP contribution is 2.11. The van der Waals surface area contributed by atoms with Gasteiger partial charge >= 0.3 is 0 Å². The molecular formula is C17H22N4O3. The molecule has 0 saturated heterocycles. The summed E-state index contributed by atoms with van der Waals surface area (Å²) in [4.78, 5) is 24.2. The number of hydrogen-bond donors (Lipinski definition) is 2. The summed E-state index contributed by atoms with van der Waals surface area (Å²) < 4.78 is 6.67. The van der Waals surface area contributed by atoms with Crippen LogP contribution in [0.5, 0.6) is 0 Å². The summed E-state index contributed by atoms with van der Waals surface area (Å²) in [6.45, 7) is 4.68. The van der Waals surface area contributed by atoms with Crippen molar-refractivity contribution in [2.24, 2.45) is 0 Å². The maximum atomic E-state index is 12.2. The van der Waals surface area contributed by atoms with Crippen LogP contribution in [-0.4, -0.2) is 35.2 Å². The maximum Gasteiger partial charge on any atom is 0.269 e. The molecule has 0 atom stereocenters. The first-order valence-corrected chi connectivity index (χ1v) is 7.74. The van der Waals surface area contributed by atoms with Crippen LogP contribution < -0.4 is 10.6 Å². The Balaban J connectivity index is 1.91. The first kappa shape index (κ1) is 17.7. The summed E-state index contributed by atoms with van der Waals surface area (Å²) >= 11 is 0. The van der Waals surface area contributed by atoms with Crippen molar-refractivity contribution in [3.63, 3.8) is 0 Å². The van der Waals surface area contributed by atoms with Crippen molar-refractivity contribution in [1.29, 1.82) is 0 Å². The number of nitrogens with one attached hydrogen (secondary N) is 2. The minimum absolute atomic E-state index is 0.110. The average molecular weight is 330 g/mol. The first-order chi connectivity index (χ1) is 11.5. The van der Waals surface area contributed by atoms with Crippen LogP contribution in [0.25, 0.3) is 0 Å². The number of methoxy groups -OCH3 is 1. The number of ether oxygens (including phenoxy) is 1. The van der Waals surface area contributed by atoms with Crippen LogP contribution in [0, 0.1) is 6.92 Å². The van der Waals surface area contributed by atoms with Crippen LogP contribution in [0.15, 0.2) is 30.3 Å². The topological polar surface area (TPSA) is 85.2 Å². The van der Waals surface area contributed by atoms with E-state index in [1.165, 1.54) is 0 Å². The third kappa shape index (κ3) is 4.66. The van der Waals surface area contributed by atoms with Gasteiger partial charge in [0, 0.05) is 19.3 Å². The van der Waals surface area contributed by atoms with Gasteiger partial charge in [0.1, 0.15) is 5.69 Å². The van der Waals surface area contributed by atoms with Gasteiger partial charge in [0.25, 0.3) is 5.91 Å². The van der Waals surface area contributed by atoms with Crippen LogP contribution >= 0.6 is 0 Å². The van der Waals surface area contributed by atoms with Crippen LogP contribution in [-0.2, 0) is 22.7 Å². The van der Waals surface area contributed by atoms with E-state index in [2.05, 4.69) is 15.7 Å². The fraction of sp³-hybridized carbons (Fsp3) is 0.353. The second-order valence-electron chi connectivity index (χ2n) is 5.35. The molecule has 0 aliphatic heterocycles. The quantitative estimate of drug-likeness (QED) is 0.809. The number of amides is 2. The minimum atomic E-state index is -0.319. The molecule has 24 heavy (non-hydrogen) atoms. The smallest absolute Gasteiger partial charge is 0.269 e. The molecule has 0 bridgehead atoms. The molecule has 2 rings (SSSR count). The van der Waals surface area contributed by atoms with Crippen molar-refractivity contribution in [1.82, 2.24) is 15.1 Å². The van der Waals surface area contributed by atoms with E-state index in [-0.39, 0.29) is 18.4 Å². The second kappa shape index (κ2) is 8.26. The number of carbonyl (C=O) groups is 2. The van der Waals surface area contributed by atoms with E-state index in [4.69, 9.17) is 4.74 Å². The molecule has 2 amide bonds. The molecule has 0 aliphatic rings. The zero-order valence-corrected chi connectivity index (χ0v) is 14.1. The van der Waals surface area contributed by atoms with Crippen LogP contribution in [0.4, 0.5) is 5.69 Å². The lowest BCUT2D eigenvalue weighted by molar-refractivity contribution is -0.115. The Kier molecular flexibility index (Phi) is 6.08. The first-order valence-electron chi connectivity index (χ1n) is 7.74. The molecule has 1 aromatic heterocycles. The lowest BCUT2D eigenvalue weighted by Gasteiger charge is -2.09. The molecule has 7 heteroatoms. The largest absolute Gasteiger partial charge is 0.380 e. The Labute approximate surface area is 141 Å². The fourth-order valence-corrected chi connectivity index (χ4v) is 2.33. The molecule has 2 aromatic rings. The van der Waals surface area contributed by atoms with Crippen LogP contribution in [0.3, 0.4) is 0 Å². The number of anilines is 1. The zero-order chi connectivity index (χ0) is 17.5. The van der Waals surface area contributed by atoms with E-state index in [0.717, 1.165) is 11.3 Å². The summed E-state index contributed by atoms with van der Waals surface area (Å²) in [7, 11) is 1.61. The van der Waals surface area contributed by atoms with E-state index in [1.807, 2.05) is 32.0 Å². The number of benzene rings is 1. The van der Waals surface area contributed by atoms with Gasteiger partial charge in [-0.05, 0) is 37.6 Å². The Morgan fingerprint density at radius 3 is 2.79 bits per heavy atom. The van der Waals surface area contributed by atoms with Gasteiger partial charge in [-0.1, -0.05) is 12.1 Å². The molecule has 0 radical (unpaired) electrons. The van der Waals surface area contributed by atoms with Crippen molar-refractivity contribution in [2.45, 2.75) is 27.0 Å². The third-order valence-electron chi connectivity index (χ3n) is 3.37. The van der Waals surface area contributed by atoms with Crippen molar-refractivity contribution in [3.05, 3.63) is 47.3 Å². The van der Waals surface area contributed by atoms with Crippen molar-refractivity contribution >= 4 is 17.5 Å². The van der Waals surface area contributed by atoms with Gasteiger partial charge in [-0.2, -0.15) is 5.10 Å². The number of aryl methyl sites for hydroxylation is 2. The van der Waals surface area contributed by atoms with Crippen molar-refractivity contribution in [2.75, 3.05) is 19.0 Å². The Morgan fingerprint density at radius 1 is 1.29 bits per heavy atom. The van der Waals surface area contributed by atoms with E-state index in [0.29, 0.717) is 24.5 Å². The lowest BCUT2D eigenvalue weighted by Crippen LogP contribution is -2.34. The average Bonchev–Trinajstić information content (AvgIpc) is 2.94. The lowest BCUT2D eigenvalue weighted by atomic mass is 10.2. The number of rotatable bonds is 7. The maximum absolute atomic E-state index is 12.2. The van der Waals surface area contributed by atoms with Gasteiger partial charge in [-0.15, -0.1) is 0 Å². The molecule has 0 spiro atoms. The number of hydrogen-bond acceptors (Lipinski definition) is 4. The standard InChI is InChI=1S/C17H22N4O3/c1-4-21-15(8-12(2)20-21)17(23)18-10-16(22)19-14-7-5-6-13(9-14)11-24-3/h5-9H,4,10-11H2,1-3H3,(H,18,23)(H,19,22). The molecular weight excluding hydrogens is 308 g/mol. The number of carbonyl (C=O) groups excluding carboxylic acids is 2. The SMILES string of the molecule is CCn1nc(C)cc1C(=O)NCC(=O)Nc1cccc(COC)c1. The highest BCUT2D eigenvalue weighted by molar-refractivity contribution is 5.98. The molecule has 1 aromatic carbocycles. The molecule has 0 unspecified atom stereocenters. The molecule has 1 heterocycles. The van der Waals surface area contributed by atoms with Crippen LogP contribution in [0.1, 0.15) is 28.7 Å². The molecule has 0 saturated carbocycles. The predicted molar refractivity (Wildman–Crippen MR) is 90.8 cm³/mol. The zero-order valence-electron chi connectivity index (χ0n) is 14.1. The second-order valence-corrected chi connectivity index (χ2v) is 5.35. The van der Waals surface area contributed by atoms with Crippen molar-refractivity contribution < 1.29 is 14.3 Å². The summed E-state index contributed by atoms with van der Waals surface area (Å²) in [5.41, 5.74) is 2.84. The van der Waals surface area contributed by atoms with Gasteiger partial charge in [-0.25, -0.2) is 0 Å². The molecule has 7 nitrogen and oxygen atoms in total. The van der Waals surface area contributed by atoms with E-state index >= 15 is 0 Å². The fourth-order valence-electron chi connectivity index (χ4n) is 2.33. The van der Waals surface area contributed by atoms with Gasteiger partial charge in [0.2, 0.25) is 5.91 Å². The minimum Gasteiger partial charge on any atom is -0.380 e. The molecule has 0 aliphatic carbocycles. The molecule has 128 valence electrons. The highest BCUT2D eigenvalue weighted by Gasteiger charge is 2.14. The normalized spacial score (nSPS) is 10.5. The predicted octanol–water partition coefficient (Wildman–Crippen LogP) is 1.73. The van der Waals surface area contributed by atoms with E-state index in [9.17, 15) is 9.59 Å². The number of aromatic nitrogens is 2. The monoisotopic (exact) mass is 330 g/mol. The summed E-state index contributed by atoms with van der Waals surface area (Å²) in [5.74, 6) is -0.613. The van der Waals surface area contributed by atoms with Crippen molar-refractivity contribution in [3.8, 4) is 0 Å². The third-order valence-corrected chi connectivity index (χ3v) is 3.37. The molecule has 0 fully saturated rings. The van der Waals surface area contributed by atoms with Crippen LogP contribution in [0.2, 0.25) is 0 Å². The van der Waals surface area contributed by atoms with Gasteiger partial charge in [0.05, 0.1) is 18.8 Å². The van der Waals surface area contributed by atoms with Gasteiger partial charge < -0.3 is 15.4 Å². The summed E-state index contributed by atoms with van der Waals surface area (Å²) in [5, 5.41) is 9.58. The highest BCUT2D eigenvalue weighted by atomic mass is 16.5. The van der Waals surface area contributed by atoms with E-state index in [1.54, 1.807) is 23.9 Å². The summed E-state index contributed by atoms with van der Waals surface area (Å²) in [6.07, 6.45) is 0. The van der Waals surface area contributed by atoms with Gasteiger partial charge in [0.15, 0.2) is 0 Å². The van der Waals surface area contributed by atoms with E-state index < -0.39 is 0 Å².